The van der Waals surface area contributed by atoms with E-state index in [0.29, 0.717) is 30.1 Å². The van der Waals surface area contributed by atoms with Gasteiger partial charge in [0.15, 0.2) is 0 Å². The van der Waals surface area contributed by atoms with E-state index in [1.807, 2.05) is 18.2 Å². The minimum atomic E-state index is -0.341. The van der Waals surface area contributed by atoms with Gasteiger partial charge in [0.25, 0.3) is 0 Å². The zero-order valence-corrected chi connectivity index (χ0v) is 15.4. The van der Waals surface area contributed by atoms with E-state index < -0.39 is 0 Å². The zero-order valence-electron chi connectivity index (χ0n) is 15.4. The van der Waals surface area contributed by atoms with Crippen molar-refractivity contribution in [2.75, 3.05) is 20.8 Å². The van der Waals surface area contributed by atoms with E-state index in [-0.39, 0.29) is 18.1 Å². The van der Waals surface area contributed by atoms with Crippen LogP contribution in [-0.4, -0.2) is 48.8 Å². The zero-order chi connectivity index (χ0) is 18.5. The summed E-state index contributed by atoms with van der Waals surface area (Å²) >= 11 is 0. The summed E-state index contributed by atoms with van der Waals surface area (Å²) in [7, 11) is 3.01. The Bertz CT molecular complexity index is 781. The van der Waals surface area contributed by atoms with Crippen molar-refractivity contribution in [1.82, 2.24) is 15.3 Å². The predicted molar refractivity (Wildman–Crippen MR) is 97.5 cm³/mol. The van der Waals surface area contributed by atoms with E-state index in [1.165, 1.54) is 7.11 Å². The summed E-state index contributed by atoms with van der Waals surface area (Å²) < 4.78 is 16.3. The van der Waals surface area contributed by atoms with Crippen molar-refractivity contribution in [3.05, 3.63) is 23.9 Å². The fraction of sp³-hybridized carbons (Fsp3) is 0.526. The molecular formula is C19H25N3O4. The quantitative estimate of drug-likeness (QED) is 0.759. The monoisotopic (exact) mass is 359 g/mol. The molecule has 1 unspecified atom stereocenters. The lowest BCUT2D eigenvalue weighted by molar-refractivity contribution is -0.142. The fourth-order valence-corrected chi connectivity index (χ4v) is 3.11. The molecular weight excluding hydrogens is 334 g/mol. The molecule has 1 aliphatic heterocycles. The number of nitrogens with one attached hydrogen (secondary N) is 1. The average molecular weight is 359 g/mol. The van der Waals surface area contributed by atoms with E-state index in [4.69, 9.17) is 24.2 Å². The molecule has 1 aromatic carbocycles. The van der Waals surface area contributed by atoms with Crippen molar-refractivity contribution in [1.29, 1.82) is 0 Å². The molecule has 7 heteroatoms. The first kappa shape index (κ1) is 18.4. The molecule has 1 saturated heterocycles. The maximum atomic E-state index is 11.7. The molecule has 1 aliphatic rings. The lowest BCUT2D eigenvalue weighted by Crippen LogP contribution is -2.31. The maximum absolute atomic E-state index is 11.7. The minimum Gasteiger partial charge on any atom is -0.494 e. The van der Waals surface area contributed by atoms with E-state index in [1.54, 1.807) is 7.11 Å². The van der Waals surface area contributed by atoms with Gasteiger partial charge in [-0.2, -0.15) is 0 Å². The molecule has 140 valence electrons. The van der Waals surface area contributed by atoms with Crippen LogP contribution in [0.4, 0.5) is 0 Å². The van der Waals surface area contributed by atoms with E-state index in [2.05, 4.69) is 12.2 Å². The Morgan fingerprint density at radius 3 is 2.88 bits per heavy atom. The number of rotatable bonds is 7. The molecule has 0 spiro atoms. The predicted octanol–water partition coefficient (Wildman–Crippen LogP) is 2.26. The molecule has 0 aliphatic carbocycles. The van der Waals surface area contributed by atoms with Crippen LogP contribution in [0.1, 0.15) is 31.9 Å². The smallest absolute Gasteiger partial charge is 0.323 e. The number of benzene rings is 1. The summed E-state index contributed by atoms with van der Waals surface area (Å²) in [5, 5.41) is 3.13. The van der Waals surface area contributed by atoms with Gasteiger partial charge in [-0.05, 0) is 25.0 Å². The Balaban J connectivity index is 1.88. The number of para-hydroxylation sites is 1. The van der Waals surface area contributed by atoms with Crippen LogP contribution in [0.15, 0.2) is 18.2 Å². The number of nitrogens with zero attached hydrogens (tertiary/aromatic N) is 2. The van der Waals surface area contributed by atoms with Gasteiger partial charge in [-0.25, -0.2) is 9.97 Å². The number of hydrogen-bond donors (Lipinski definition) is 1. The average Bonchev–Trinajstić information content (AvgIpc) is 3.13. The molecule has 0 amide bonds. The van der Waals surface area contributed by atoms with Crippen LogP contribution in [0.3, 0.4) is 0 Å². The Morgan fingerprint density at radius 1 is 1.31 bits per heavy atom. The fourth-order valence-electron chi connectivity index (χ4n) is 3.11. The van der Waals surface area contributed by atoms with Crippen molar-refractivity contribution in [2.24, 2.45) is 0 Å². The number of ether oxygens (including phenoxy) is 3. The van der Waals surface area contributed by atoms with Gasteiger partial charge in [0, 0.05) is 13.0 Å². The van der Waals surface area contributed by atoms with Crippen LogP contribution in [0, 0.1) is 0 Å². The highest BCUT2D eigenvalue weighted by atomic mass is 16.5. The number of hydrogen-bond acceptors (Lipinski definition) is 7. The molecule has 2 heterocycles. The van der Waals surface area contributed by atoms with Crippen LogP contribution in [-0.2, 0) is 16.0 Å². The Hall–Kier alpha value is -2.41. The molecule has 1 N–H and O–H groups in total. The van der Waals surface area contributed by atoms with Crippen molar-refractivity contribution in [3.8, 4) is 11.6 Å². The number of esters is 1. The van der Waals surface area contributed by atoms with Crippen molar-refractivity contribution in [3.63, 3.8) is 0 Å². The topological polar surface area (TPSA) is 82.6 Å². The lowest BCUT2D eigenvalue weighted by atomic mass is 10.2. The Morgan fingerprint density at radius 2 is 2.15 bits per heavy atom. The molecule has 0 radical (unpaired) electrons. The van der Waals surface area contributed by atoms with Gasteiger partial charge >= 0.3 is 5.97 Å². The van der Waals surface area contributed by atoms with Crippen LogP contribution in [0.25, 0.3) is 11.0 Å². The van der Waals surface area contributed by atoms with Gasteiger partial charge < -0.3 is 19.5 Å². The lowest BCUT2D eigenvalue weighted by Gasteiger charge is -2.16. The molecule has 0 saturated carbocycles. The summed E-state index contributed by atoms with van der Waals surface area (Å²) in [5.74, 6) is 0.917. The first-order valence-corrected chi connectivity index (χ1v) is 8.97. The Kier molecular flexibility index (Phi) is 5.88. The molecule has 1 aromatic heterocycles. The van der Waals surface area contributed by atoms with E-state index >= 15 is 0 Å². The van der Waals surface area contributed by atoms with Crippen molar-refractivity contribution < 1.29 is 19.0 Å². The van der Waals surface area contributed by atoms with Gasteiger partial charge in [-0.15, -0.1) is 0 Å². The SMILES string of the molecule is CCCCc1nc2cccc(OC)c2nc1O[C@H]1CNC(C(=O)OC)C1. The number of aromatic nitrogens is 2. The van der Waals surface area contributed by atoms with Crippen molar-refractivity contribution in [2.45, 2.75) is 44.8 Å². The normalized spacial score (nSPS) is 19.5. The standard InChI is InChI=1S/C19H25N3O4/c1-4-5-7-14-18(26-12-10-15(20-11-12)19(23)25-3)22-17-13(21-14)8-6-9-16(17)24-2/h6,8-9,12,15,20H,4-5,7,10-11H2,1-3H3/t12-,15?/m1/s1. The number of carbonyl (C=O) groups excluding carboxylic acids is 1. The molecule has 3 rings (SSSR count). The first-order chi connectivity index (χ1) is 12.7. The van der Waals surface area contributed by atoms with Crippen LogP contribution in [0.5, 0.6) is 11.6 Å². The molecule has 7 nitrogen and oxygen atoms in total. The summed E-state index contributed by atoms with van der Waals surface area (Å²) in [5.41, 5.74) is 2.31. The van der Waals surface area contributed by atoms with Crippen molar-refractivity contribution >= 4 is 17.0 Å². The second-order valence-corrected chi connectivity index (χ2v) is 6.37. The summed E-state index contributed by atoms with van der Waals surface area (Å²) in [6, 6.07) is 5.35. The summed E-state index contributed by atoms with van der Waals surface area (Å²) in [6.07, 6.45) is 3.26. The van der Waals surface area contributed by atoms with Crippen LogP contribution in [0.2, 0.25) is 0 Å². The summed E-state index contributed by atoms with van der Waals surface area (Å²) in [4.78, 5) is 21.1. The number of methoxy groups -OCH3 is 2. The molecule has 0 bridgehead atoms. The van der Waals surface area contributed by atoms with E-state index in [0.717, 1.165) is 30.5 Å². The second kappa shape index (κ2) is 8.31. The largest absolute Gasteiger partial charge is 0.494 e. The van der Waals surface area contributed by atoms with Gasteiger partial charge in [0.2, 0.25) is 5.88 Å². The van der Waals surface area contributed by atoms with Gasteiger partial charge in [-0.1, -0.05) is 19.4 Å². The van der Waals surface area contributed by atoms with Crippen LogP contribution >= 0.6 is 0 Å². The van der Waals surface area contributed by atoms with Gasteiger partial charge in [0.05, 0.1) is 19.7 Å². The Labute approximate surface area is 153 Å². The third kappa shape index (κ3) is 3.88. The highest BCUT2D eigenvalue weighted by molar-refractivity contribution is 5.81. The first-order valence-electron chi connectivity index (χ1n) is 8.97. The number of fused-ring (bicyclic) bond motifs is 1. The van der Waals surface area contributed by atoms with Crippen LogP contribution < -0.4 is 14.8 Å². The molecule has 1 fully saturated rings. The third-order valence-corrected chi connectivity index (χ3v) is 4.53. The third-order valence-electron chi connectivity index (χ3n) is 4.53. The highest BCUT2D eigenvalue weighted by Gasteiger charge is 2.32. The molecule has 2 aromatic rings. The minimum absolute atomic E-state index is 0.152. The molecule has 26 heavy (non-hydrogen) atoms. The van der Waals surface area contributed by atoms with Gasteiger partial charge in [0.1, 0.15) is 29.1 Å². The molecule has 2 atom stereocenters. The number of unbranched alkanes of at least 4 members (excludes halogenated alkanes) is 1. The number of carbonyl (C=O) groups is 1. The maximum Gasteiger partial charge on any atom is 0.323 e. The highest BCUT2D eigenvalue weighted by Crippen LogP contribution is 2.28. The summed E-state index contributed by atoms with van der Waals surface area (Å²) in [6.45, 7) is 2.71. The number of aryl methyl sites for hydroxylation is 1. The second-order valence-electron chi connectivity index (χ2n) is 6.37. The van der Waals surface area contributed by atoms with Gasteiger partial charge in [-0.3, -0.25) is 4.79 Å². The van der Waals surface area contributed by atoms with E-state index in [9.17, 15) is 4.79 Å².